The quantitative estimate of drug-likeness (QED) is 0.361. The van der Waals surface area contributed by atoms with Crippen LogP contribution in [0.25, 0.3) is 34.0 Å². The van der Waals surface area contributed by atoms with Gasteiger partial charge >= 0.3 is 0 Å². The highest BCUT2D eigenvalue weighted by Crippen LogP contribution is 2.36. The molecule has 0 aliphatic carbocycles. The van der Waals surface area contributed by atoms with Crippen LogP contribution in [0.4, 0.5) is 4.39 Å². The van der Waals surface area contributed by atoms with Crippen molar-refractivity contribution in [3.8, 4) is 34.0 Å². The third-order valence-corrected chi connectivity index (χ3v) is 5.57. The lowest BCUT2D eigenvalue weighted by Gasteiger charge is -2.18. The molecular weight excluding hydrogens is 451 g/mol. The van der Waals surface area contributed by atoms with E-state index in [1.54, 1.807) is 24.4 Å². The fourth-order valence-electron chi connectivity index (χ4n) is 3.97. The maximum Gasteiger partial charge on any atom is 0.141 e. The summed E-state index contributed by atoms with van der Waals surface area (Å²) >= 11 is 0. The van der Waals surface area contributed by atoms with Crippen LogP contribution in [-0.2, 0) is 11.3 Å². The summed E-state index contributed by atoms with van der Waals surface area (Å²) in [6, 6.07) is 17.3. The summed E-state index contributed by atoms with van der Waals surface area (Å²) in [6.45, 7) is 0.300. The van der Waals surface area contributed by atoms with Crippen molar-refractivity contribution in [2.75, 3.05) is 0 Å². The van der Waals surface area contributed by atoms with Gasteiger partial charge in [0.15, 0.2) is 0 Å². The maximum absolute atomic E-state index is 13.7. The summed E-state index contributed by atoms with van der Waals surface area (Å²) in [5, 5.41) is 31.1. The zero-order valence-electron chi connectivity index (χ0n) is 18.8. The van der Waals surface area contributed by atoms with Crippen LogP contribution in [0.1, 0.15) is 19.3 Å². The van der Waals surface area contributed by atoms with Crippen molar-refractivity contribution in [3.63, 3.8) is 0 Å². The summed E-state index contributed by atoms with van der Waals surface area (Å²) in [4.78, 5) is 24.0. The molecule has 180 valence electrons. The number of hydrogen-bond acceptors (Lipinski definition) is 7. The van der Waals surface area contributed by atoms with E-state index in [1.165, 1.54) is 18.5 Å². The van der Waals surface area contributed by atoms with Gasteiger partial charge in [0, 0.05) is 36.3 Å². The Bertz CT molecular complexity index is 1260. The number of aliphatic hydroxyl groups excluding tert-OH is 2. The predicted molar refractivity (Wildman–Crippen MR) is 125 cm³/mol. The van der Waals surface area contributed by atoms with Crippen LogP contribution >= 0.6 is 0 Å². The van der Waals surface area contributed by atoms with Gasteiger partial charge in [-0.05, 0) is 43.2 Å². The lowest BCUT2D eigenvalue weighted by molar-refractivity contribution is -0.307. The number of carboxylic acids is 1. The van der Waals surface area contributed by atoms with Crippen molar-refractivity contribution in [1.82, 2.24) is 19.5 Å². The number of carbonyl (C=O) groups excluding carboxylic acids is 1. The lowest BCUT2D eigenvalue weighted by atomic mass is 10.1. The number of nitrogens with zero attached hydrogens (tertiary/aromatic N) is 4. The standard InChI is InChI=1S/C26H25FN4O4/c27-19-8-6-17(7-9-19)25-24(22-10-12-28-16-29-22)30-26(18-4-2-1-3-5-18)31(25)13-11-20(32)14-21(33)15-23(34)35/h1-10,12,16,20-21,32-33H,11,13-15H2,(H,34,35)/p-1/t20-,21-/m0/s1. The van der Waals surface area contributed by atoms with Crippen LogP contribution < -0.4 is 5.11 Å². The molecule has 4 rings (SSSR count). The predicted octanol–water partition coefficient (Wildman–Crippen LogP) is 2.46. The molecule has 8 nitrogen and oxygen atoms in total. The third-order valence-electron chi connectivity index (χ3n) is 5.57. The van der Waals surface area contributed by atoms with Crippen molar-refractivity contribution >= 4 is 5.97 Å². The summed E-state index contributed by atoms with van der Waals surface area (Å²) in [7, 11) is 0. The van der Waals surface area contributed by atoms with E-state index in [2.05, 4.69) is 9.97 Å². The Balaban J connectivity index is 1.78. The molecule has 0 aliphatic rings. The molecule has 0 saturated heterocycles. The fourth-order valence-corrected chi connectivity index (χ4v) is 3.97. The number of hydrogen-bond donors (Lipinski definition) is 2. The molecule has 0 amide bonds. The van der Waals surface area contributed by atoms with Crippen molar-refractivity contribution in [2.24, 2.45) is 0 Å². The Kier molecular flexibility index (Phi) is 7.59. The largest absolute Gasteiger partial charge is 0.550 e. The van der Waals surface area contributed by atoms with Crippen LogP contribution in [0.2, 0.25) is 0 Å². The monoisotopic (exact) mass is 475 g/mol. The van der Waals surface area contributed by atoms with Gasteiger partial charge < -0.3 is 24.7 Å². The van der Waals surface area contributed by atoms with Crippen LogP contribution in [0.15, 0.2) is 73.2 Å². The Morgan fingerprint density at radius 1 is 1.00 bits per heavy atom. The molecule has 0 bridgehead atoms. The molecule has 2 heterocycles. The highest BCUT2D eigenvalue weighted by molar-refractivity contribution is 5.80. The Hall–Kier alpha value is -3.95. The number of imidazole rings is 1. The van der Waals surface area contributed by atoms with E-state index in [4.69, 9.17) is 4.98 Å². The van der Waals surface area contributed by atoms with Crippen molar-refractivity contribution in [3.05, 3.63) is 79.0 Å². The van der Waals surface area contributed by atoms with Crippen molar-refractivity contribution < 1.29 is 24.5 Å². The van der Waals surface area contributed by atoms with E-state index < -0.39 is 24.6 Å². The molecule has 0 saturated carbocycles. The molecule has 0 aliphatic heterocycles. The average molecular weight is 476 g/mol. The first kappa shape index (κ1) is 24.2. The topological polar surface area (TPSA) is 124 Å². The van der Waals surface area contributed by atoms with E-state index in [0.717, 1.165) is 5.56 Å². The number of aliphatic carboxylic acids is 1. The van der Waals surface area contributed by atoms with Gasteiger partial charge in [0.25, 0.3) is 0 Å². The first-order chi connectivity index (χ1) is 16.9. The molecule has 0 spiro atoms. The summed E-state index contributed by atoms with van der Waals surface area (Å²) in [5.74, 6) is -1.12. The van der Waals surface area contributed by atoms with Crippen molar-refractivity contribution in [2.45, 2.75) is 38.0 Å². The molecule has 2 aromatic carbocycles. The molecule has 0 fully saturated rings. The second-order valence-corrected chi connectivity index (χ2v) is 8.16. The number of carboxylic acid groups (broad SMARTS) is 1. The molecule has 2 atom stereocenters. The van der Waals surface area contributed by atoms with E-state index in [-0.39, 0.29) is 18.7 Å². The van der Waals surface area contributed by atoms with Gasteiger partial charge in [0.1, 0.15) is 23.7 Å². The molecule has 2 aromatic heterocycles. The third kappa shape index (κ3) is 5.95. The van der Waals surface area contributed by atoms with E-state index in [9.17, 15) is 24.5 Å². The van der Waals surface area contributed by atoms with Gasteiger partial charge in [-0.3, -0.25) is 0 Å². The SMILES string of the molecule is O=C([O-])C[C@@H](O)C[C@@H](O)CCn1c(-c2ccccc2)nc(-c2ccncn2)c1-c1ccc(F)cc1. The zero-order chi connectivity index (χ0) is 24.8. The van der Waals surface area contributed by atoms with Gasteiger partial charge in [0.2, 0.25) is 0 Å². The van der Waals surface area contributed by atoms with Crippen LogP contribution in [0, 0.1) is 5.82 Å². The number of aliphatic hydroxyl groups is 2. The first-order valence-corrected chi connectivity index (χ1v) is 11.2. The highest BCUT2D eigenvalue weighted by Gasteiger charge is 2.23. The first-order valence-electron chi connectivity index (χ1n) is 11.2. The minimum absolute atomic E-state index is 0.103. The number of rotatable bonds is 10. The summed E-state index contributed by atoms with van der Waals surface area (Å²) < 4.78 is 15.6. The minimum Gasteiger partial charge on any atom is -0.550 e. The molecule has 0 radical (unpaired) electrons. The van der Waals surface area contributed by atoms with Crippen molar-refractivity contribution in [1.29, 1.82) is 0 Å². The van der Waals surface area contributed by atoms with E-state index in [0.29, 0.717) is 35.0 Å². The van der Waals surface area contributed by atoms with Gasteiger partial charge in [-0.25, -0.2) is 19.3 Å². The number of benzene rings is 2. The molecule has 4 aromatic rings. The Labute approximate surface area is 201 Å². The Morgan fingerprint density at radius 3 is 2.40 bits per heavy atom. The Morgan fingerprint density at radius 2 is 1.74 bits per heavy atom. The van der Waals surface area contributed by atoms with E-state index >= 15 is 0 Å². The van der Waals surface area contributed by atoms with Crippen LogP contribution in [-0.4, -0.2) is 47.9 Å². The molecule has 2 N–H and O–H groups in total. The average Bonchev–Trinajstić information content (AvgIpc) is 3.23. The molecule has 0 unspecified atom stereocenters. The van der Waals surface area contributed by atoms with Gasteiger partial charge in [0.05, 0.1) is 23.6 Å². The molecular formula is C26H24FN4O4-. The smallest absolute Gasteiger partial charge is 0.141 e. The number of aromatic nitrogens is 4. The van der Waals surface area contributed by atoms with E-state index in [1.807, 2.05) is 34.9 Å². The number of halogens is 1. The molecule has 35 heavy (non-hydrogen) atoms. The number of carbonyl (C=O) groups is 1. The normalized spacial score (nSPS) is 12.9. The second-order valence-electron chi connectivity index (χ2n) is 8.16. The zero-order valence-corrected chi connectivity index (χ0v) is 18.8. The fraction of sp³-hybridized carbons (Fsp3) is 0.231. The minimum atomic E-state index is -1.38. The summed E-state index contributed by atoms with van der Waals surface area (Å²) in [6.07, 6.45) is 0.439. The second kappa shape index (κ2) is 11.0. The van der Waals surface area contributed by atoms with Gasteiger partial charge in [-0.2, -0.15) is 0 Å². The highest BCUT2D eigenvalue weighted by atomic mass is 19.1. The summed E-state index contributed by atoms with van der Waals surface area (Å²) in [5.41, 5.74) is 3.39. The molecule has 9 heteroatoms. The van der Waals surface area contributed by atoms with Crippen LogP contribution in [0.5, 0.6) is 0 Å². The van der Waals surface area contributed by atoms with Gasteiger partial charge in [-0.15, -0.1) is 0 Å². The maximum atomic E-state index is 13.7. The van der Waals surface area contributed by atoms with Gasteiger partial charge in [-0.1, -0.05) is 30.3 Å². The van der Waals surface area contributed by atoms with Crippen LogP contribution in [0.3, 0.4) is 0 Å². The lowest BCUT2D eigenvalue weighted by Crippen LogP contribution is -2.29.